The van der Waals surface area contributed by atoms with Gasteiger partial charge in [-0.2, -0.15) is 4.31 Å². The molecule has 3 rings (SSSR count). The zero-order valence-electron chi connectivity index (χ0n) is 16.0. The number of carbonyl (C=O) groups excluding carboxylic acids is 1. The van der Waals surface area contributed by atoms with Gasteiger partial charge in [0.25, 0.3) is 11.5 Å². The van der Waals surface area contributed by atoms with Gasteiger partial charge in [-0.3, -0.25) is 9.59 Å². The van der Waals surface area contributed by atoms with E-state index in [2.05, 4.69) is 21.2 Å². The number of rotatable bonds is 8. The highest BCUT2D eigenvalue weighted by molar-refractivity contribution is 9.10. The maximum atomic E-state index is 12.5. The minimum Gasteiger partial charge on any atom is -0.352 e. The Labute approximate surface area is 178 Å². The summed E-state index contributed by atoms with van der Waals surface area (Å²) in [5.41, 5.74) is 0.370. The molecule has 0 atom stereocenters. The lowest BCUT2D eigenvalue weighted by molar-refractivity contribution is 0.0952. The molecule has 7 nitrogen and oxygen atoms in total. The molecule has 1 amide bonds. The van der Waals surface area contributed by atoms with Crippen LogP contribution in [0.15, 0.2) is 56.8 Å². The third kappa shape index (κ3) is 5.55. The fourth-order valence-corrected chi connectivity index (χ4v) is 5.14. The smallest absolute Gasteiger partial charge is 0.251 e. The maximum absolute atomic E-state index is 12.5. The molecule has 156 valence electrons. The van der Waals surface area contributed by atoms with Crippen LogP contribution in [0.25, 0.3) is 0 Å². The Morgan fingerprint density at radius 1 is 1.03 bits per heavy atom. The molecule has 1 saturated heterocycles. The summed E-state index contributed by atoms with van der Waals surface area (Å²) in [6.45, 7) is 2.17. The highest BCUT2D eigenvalue weighted by atomic mass is 79.9. The number of pyridine rings is 1. The van der Waals surface area contributed by atoms with E-state index < -0.39 is 10.0 Å². The van der Waals surface area contributed by atoms with Crippen molar-refractivity contribution < 1.29 is 13.2 Å². The number of aryl methyl sites for hydroxylation is 1. The van der Waals surface area contributed by atoms with Gasteiger partial charge in [0.1, 0.15) is 0 Å². The SMILES string of the molecule is O=C(NCCCCn1cc(Br)ccc1=O)c1ccc(S(=O)(=O)N2CCCC2)cc1. The highest BCUT2D eigenvalue weighted by Crippen LogP contribution is 2.21. The van der Waals surface area contributed by atoms with Crippen LogP contribution in [0.2, 0.25) is 0 Å². The maximum Gasteiger partial charge on any atom is 0.251 e. The summed E-state index contributed by atoms with van der Waals surface area (Å²) in [5.74, 6) is -0.241. The lowest BCUT2D eigenvalue weighted by Crippen LogP contribution is -2.28. The van der Waals surface area contributed by atoms with E-state index >= 15 is 0 Å². The lowest BCUT2D eigenvalue weighted by atomic mass is 10.2. The van der Waals surface area contributed by atoms with Crippen LogP contribution in [-0.2, 0) is 16.6 Å². The highest BCUT2D eigenvalue weighted by Gasteiger charge is 2.27. The molecule has 1 aliphatic rings. The first-order valence-corrected chi connectivity index (χ1v) is 11.9. The van der Waals surface area contributed by atoms with Crippen molar-refractivity contribution in [3.8, 4) is 0 Å². The molecule has 2 heterocycles. The van der Waals surface area contributed by atoms with E-state index in [1.165, 1.54) is 22.5 Å². The lowest BCUT2D eigenvalue weighted by Gasteiger charge is -2.15. The summed E-state index contributed by atoms with van der Waals surface area (Å²) in [4.78, 5) is 24.2. The third-order valence-electron chi connectivity index (χ3n) is 4.88. The number of unbranched alkanes of at least 4 members (excludes halogenated alkanes) is 1. The minimum absolute atomic E-state index is 0.0544. The predicted octanol–water partition coefficient (Wildman–Crippen LogP) is 2.61. The second-order valence-electron chi connectivity index (χ2n) is 6.98. The van der Waals surface area contributed by atoms with Crippen LogP contribution in [0.4, 0.5) is 0 Å². The molecule has 1 aromatic heterocycles. The Kier molecular flexibility index (Phi) is 7.26. The predicted molar refractivity (Wildman–Crippen MR) is 114 cm³/mol. The first-order chi connectivity index (χ1) is 13.9. The van der Waals surface area contributed by atoms with Gasteiger partial charge in [-0.1, -0.05) is 0 Å². The summed E-state index contributed by atoms with van der Waals surface area (Å²) in [6.07, 6.45) is 5.00. The molecule has 0 aliphatic carbocycles. The number of nitrogens with one attached hydrogen (secondary N) is 1. The van der Waals surface area contributed by atoms with E-state index in [1.54, 1.807) is 29.0 Å². The van der Waals surface area contributed by atoms with Crippen LogP contribution in [0.3, 0.4) is 0 Å². The number of sulfonamides is 1. The first kappa shape index (κ1) is 21.7. The van der Waals surface area contributed by atoms with Crippen LogP contribution >= 0.6 is 15.9 Å². The largest absolute Gasteiger partial charge is 0.352 e. The van der Waals surface area contributed by atoms with Gasteiger partial charge in [-0.05, 0) is 71.9 Å². The van der Waals surface area contributed by atoms with Gasteiger partial charge in [0.2, 0.25) is 10.0 Å². The molecule has 0 spiro atoms. The third-order valence-corrected chi connectivity index (χ3v) is 7.26. The molecule has 0 unspecified atom stereocenters. The summed E-state index contributed by atoms with van der Waals surface area (Å²) in [5, 5.41) is 2.83. The summed E-state index contributed by atoms with van der Waals surface area (Å²) < 4.78 is 29.0. The average Bonchev–Trinajstić information content (AvgIpc) is 3.26. The van der Waals surface area contributed by atoms with Crippen molar-refractivity contribution in [3.63, 3.8) is 0 Å². The van der Waals surface area contributed by atoms with Gasteiger partial charge in [-0.25, -0.2) is 8.42 Å². The van der Waals surface area contributed by atoms with Crippen LogP contribution in [0.5, 0.6) is 0 Å². The second kappa shape index (κ2) is 9.69. The molecule has 1 N–H and O–H groups in total. The monoisotopic (exact) mass is 481 g/mol. The number of hydrogen-bond acceptors (Lipinski definition) is 4. The standard InChI is InChI=1S/C20H24BrN3O4S/c21-17-7-10-19(25)23(15-17)12-2-1-11-22-20(26)16-5-8-18(9-6-16)29(27,28)24-13-3-4-14-24/h5-10,15H,1-4,11-14H2,(H,22,26). The number of benzene rings is 1. The van der Waals surface area contributed by atoms with Crippen LogP contribution in [0, 0.1) is 0 Å². The number of hydrogen-bond donors (Lipinski definition) is 1. The van der Waals surface area contributed by atoms with Crippen molar-refractivity contribution in [2.24, 2.45) is 0 Å². The number of amides is 1. The van der Waals surface area contributed by atoms with Crippen molar-refractivity contribution in [1.29, 1.82) is 0 Å². The Balaban J connectivity index is 1.47. The van der Waals surface area contributed by atoms with E-state index in [-0.39, 0.29) is 16.4 Å². The Bertz CT molecular complexity index is 1010. The van der Waals surface area contributed by atoms with E-state index in [0.29, 0.717) is 31.7 Å². The molecule has 29 heavy (non-hydrogen) atoms. The Morgan fingerprint density at radius 2 is 1.72 bits per heavy atom. The quantitative estimate of drug-likeness (QED) is 0.586. The number of aromatic nitrogens is 1. The molecule has 0 radical (unpaired) electrons. The van der Waals surface area contributed by atoms with Crippen molar-refractivity contribution >= 4 is 31.9 Å². The molecule has 1 aromatic carbocycles. The molecular weight excluding hydrogens is 458 g/mol. The average molecular weight is 482 g/mol. The zero-order chi connectivity index (χ0) is 20.9. The van der Waals surface area contributed by atoms with Gasteiger partial charge in [0, 0.05) is 48.5 Å². The van der Waals surface area contributed by atoms with Crippen LogP contribution in [0.1, 0.15) is 36.0 Å². The van der Waals surface area contributed by atoms with Gasteiger partial charge >= 0.3 is 0 Å². The molecule has 9 heteroatoms. The fourth-order valence-electron chi connectivity index (χ4n) is 3.24. The fraction of sp³-hybridized carbons (Fsp3) is 0.400. The summed E-state index contributed by atoms with van der Waals surface area (Å²) in [6, 6.07) is 9.28. The summed E-state index contributed by atoms with van der Waals surface area (Å²) >= 11 is 3.34. The molecule has 0 bridgehead atoms. The van der Waals surface area contributed by atoms with E-state index in [9.17, 15) is 18.0 Å². The van der Waals surface area contributed by atoms with Crippen molar-refractivity contribution in [2.45, 2.75) is 37.1 Å². The molecular formula is C20H24BrN3O4S. The Hall–Kier alpha value is -1.97. The minimum atomic E-state index is -3.47. The molecule has 0 saturated carbocycles. The van der Waals surface area contributed by atoms with Gasteiger partial charge in [0.05, 0.1) is 4.90 Å². The van der Waals surface area contributed by atoms with E-state index in [0.717, 1.165) is 30.2 Å². The van der Waals surface area contributed by atoms with Crippen molar-refractivity contribution in [3.05, 3.63) is 63.0 Å². The van der Waals surface area contributed by atoms with Gasteiger partial charge in [0.15, 0.2) is 0 Å². The number of halogens is 1. The zero-order valence-corrected chi connectivity index (χ0v) is 18.4. The molecule has 2 aromatic rings. The van der Waals surface area contributed by atoms with Crippen LogP contribution in [-0.4, -0.2) is 42.8 Å². The number of nitrogens with zero attached hydrogens (tertiary/aromatic N) is 2. The van der Waals surface area contributed by atoms with Crippen molar-refractivity contribution in [1.82, 2.24) is 14.2 Å². The summed E-state index contributed by atoms with van der Waals surface area (Å²) in [7, 11) is -3.47. The van der Waals surface area contributed by atoms with Crippen molar-refractivity contribution in [2.75, 3.05) is 19.6 Å². The van der Waals surface area contributed by atoms with Crippen LogP contribution < -0.4 is 10.9 Å². The van der Waals surface area contributed by atoms with Gasteiger partial charge < -0.3 is 9.88 Å². The van der Waals surface area contributed by atoms with E-state index in [4.69, 9.17) is 0 Å². The normalized spacial score (nSPS) is 14.8. The number of carbonyl (C=O) groups is 1. The second-order valence-corrected chi connectivity index (χ2v) is 9.83. The first-order valence-electron chi connectivity index (χ1n) is 9.62. The van der Waals surface area contributed by atoms with E-state index in [1.807, 2.05) is 0 Å². The topological polar surface area (TPSA) is 88.5 Å². The molecule has 1 aliphatic heterocycles. The van der Waals surface area contributed by atoms with Gasteiger partial charge in [-0.15, -0.1) is 0 Å². The molecule has 1 fully saturated rings. The Morgan fingerprint density at radius 3 is 2.41 bits per heavy atom.